The van der Waals surface area contributed by atoms with Gasteiger partial charge in [0.15, 0.2) is 0 Å². The topological polar surface area (TPSA) is 35.5 Å². The van der Waals surface area contributed by atoms with Gasteiger partial charge in [0.2, 0.25) is 0 Å². The van der Waals surface area contributed by atoms with Crippen molar-refractivity contribution in [1.29, 1.82) is 0 Å². The zero-order valence-electron chi connectivity index (χ0n) is 12.5. The highest BCUT2D eigenvalue weighted by Gasteiger charge is 2.03. The molecule has 0 aliphatic rings. The molecule has 0 saturated heterocycles. The molecule has 2 aromatic carbocycles. The fraction of sp³-hybridized carbons (Fsp3) is 0.167. The van der Waals surface area contributed by atoms with E-state index in [-0.39, 0.29) is 11.8 Å². The largest absolute Gasteiger partial charge is 0.489 e. The van der Waals surface area contributed by atoms with Crippen LogP contribution in [0.1, 0.15) is 18.1 Å². The molecule has 4 heteroatoms. The van der Waals surface area contributed by atoms with Gasteiger partial charge >= 0.3 is 5.97 Å². The van der Waals surface area contributed by atoms with E-state index in [2.05, 4.69) is 4.74 Å². The van der Waals surface area contributed by atoms with E-state index in [1.807, 2.05) is 12.1 Å². The second-order valence-electron chi connectivity index (χ2n) is 4.81. The molecule has 3 nitrogen and oxygen atoms in total. The van der Waals surface area contributed by atoms with Crippen LogP contribution in [0.25, 0.3) is 6.08 Å². The number of benzene rings is 2. The number of carbonyl (C=O) groups excluding carboxylic acids is 1. The van der Waals surface area contributed by atoms with E-state index in [1.165, 1.54) is 19.2 Å². The summed E-state index contributed by atoms with van der Waals surface area (Å²) in [4.78, 5) is 11.3. The first-order valence-electron chi connectivity index (χ1n) is 6.82. The number of ether oxygens (including phenoxy) is 2. The predicted octanol–water partition coefficient (Wildman–Crippen LogP) is 3.98. The molecule has 0 bridgehead atoms. The smallest absolute Gasteiger partial charge is 0.333 e. The third-order valence-corrected chi connectivity index (χ3v) is 3.07. The highest BCUT2D eigenvalue weighted by Crippen LogP contribution is 2.16. The molecule has 0 fully saturated rings. The first-order valence-corrected chi connectivity index (χ1v) is 6.82. The summed E-state index contributed by atoms with van der Waals surface area (Å²) in [5, 5.41) is 0. The fourth-order valence-corrected chi connectivity index (χ4v) is 1.92. The zero-order chi connectivity index (χ0) is 15.9. The molecule has 114 valence electrons. The van der Waals surface area contributed by atoms with Crippen LogP contribution in [0.3, 0.4) is 0 Å². The van der Waals surface area contributed by atoms with Gasteiger partial charge in [-0.15, -0.1) is 0 Å². The molecule has 0 heterocycles. The fourth-order valence-electron chi connectivity index (χ4n) is 1.92. The van der Waals surface area contributed by atoms with Gasteiger partial charge in [-0.1, -0.05) is 24.3 Å². The summed E-state index contributed by atoms with van der Waals surface area (Å²) < 4.78 is 23.3. The number of methoxy groups -OCH3 is 1. The number of halogens is 1. The van der Waals surface area contributed by atoms with Crippen LogP contribution in [0, 0.1) is 5.82 Å². The van der Waals surface area contributed by atoms with E-state index < -0.39 is 0 Å². The maximum atomic E-state index is 13.1. The Hall–Kier alpha value is -2.62. The molecular formula is C18H17FO3. The zero-order valence-corrected chi connectivity index (χ0v) is 12.5. The predicted molar refractivity (Wildman–Crippen MR) is 82.8 cm³/mol. The van der Waals surface area contributed by atoms with E-state index in [0.29, 0.717) is 17.9 Å². The van der Waals surface area contributed by atoms with E-state index in [4.69, 9.17) is 4.74 Å². The van der Waals surface area contributed by atoms with Crippen molar-refractivity contribution in [3.63, 3.8) is 0 Å². The van der Waals surface area contributed by atoms with Crippen LogP contribution in [0.15, 0.2) is 54.1 Å². The Bertz CT molecular complexity index is 675. The Balaban J connectivity index is 1.99. The summed E-state index contributed by atoms with van der Waals surface area (Å²) in [6.07, 6.45) is 1.74. The molecular weight excluding hydrogens is 283 g/mol. The van der Waals surface area contributed by atoms with Gasteiger partial charge in [-0.2, -0.15) is 0 Å². The van der Waals surface area contributed by atoms with Gasteiger partial charge < -0.3 is 9.47 Å². The second kappa shape index (κ2) is 7.41. The average molecular weight is 300 g/mol. The van der Waals surface area contributed by atoms with Crippen molar-refractivity contribution in [1.82, 2.24) is 0 Å². The molecule has 0 atom stereocenters. The molecule has 0 aliphatic carbocycles. The summed E-state index contributed by atoms with van der Waals surface area (Å²) in [6, 6.07) is 13.6. The van der Waals surface area contributed by atoms with Gasteiger partial charge in [-0.3, -0.25) is 0 Å². The quantitative estimate of drug-likeness (QED) is 0.619. The van der Waals surface area contributed by atoms with Gasteiger partial charge in [0.05, 0.1) is 7.11 Å². The average Bonchev–Trinajstić information content (AvgIpc) is 2.53. The van der Waals surface area contributed by atoms with Crippen LogP contribution >= 0.6 is 0 Å². The van der Waals surface area contributed by atoms with Crippen molar-refractivity contribution >= 4 is 12.0 Å². The minimum atomic E-state index is -0.355. The van der Waals surface area contributed by atoms with Gasteiger partial charge in [-0.25, -0.2) is 9.18 Å². The third-order valence-electron chi connectivity index (χ3n) is 3.07. The van der Waals surface area contributed by atoms with Crippen molar-refractivity contribution in [2.45, 2.75) is 13.5 Å². The van der Waals surface area contributed by atoms with Gasteiger partial charge in [-0.05, 0) is 48.4 Å². The van der Waals surface area contributed by atoms with E-state index in [9.17, 15) is 9.18 Å². The molecule has 0 radical (unpaired) electrons. The standard InChI is InChI=1S/C18H17FO3/c1-13(18(20)21-2)10-14-6-8-17(9-7-14)22-12-15-4-3-5-16(19)11-15/h3-11H,12H2,1-2H3. The highest BCUT2D eigenvalue weighted by molar-refractivity contribution is 5.92. The normalized spacial score (nSPS) is 11.1. The van der Waals surface area contributed by atoms with Gasteiger partial charge in [0.1, 0.15) is 18.2 Å². The minimum Gasteiger partial charge on any atom is -0.489 e. The molecule has 2 rings (SSSR count). The Morgan fingerprint density at radius 2 is 1.91 bits per heavy atom. The molecule has 0 amide bonds. The monoisotopic (exact) mass is 300 g/mol. The van der Waals surface area contributed by atoms with Crippen molar-refractivity contribution in [3.8, 4) is 5.75 Å². The number of rotatable bonds is 5. The lowest BCUT2D eigenvalue weighted by Gasteiger charge is -2.07. The minimum absolute atomic E-state index is 0.278. The van der Waals surface area contributed by atoms with Crippen molar-refractivity contribution in [2.24, 2.45) is 0 Å². The Morgan fingerprint density at radius 1 is 1.18 bits per heavy atom. The maximum Gasteiger partial charge on any atom is 0.333 e. The molecule has 0 aromatic heterocycles. The number of hydrogen-bond donors (Lipinski definition) is 0. The number of hydrogen-bond acceptors (Lipinski definition) is 3. The molecule has 0 spiro atoms. The van der Waals surface area contributed by atoms with Crippen molar-refractivity contribution in [2.75, 3.05) is 7.11 Å². The molecule has 0 saturated carbocycles. The second-order valence-corrected chi connectivity index (χ2v) is 4.81. The summed E-state index contributed by atoms with van der Waals surface area (Å²) >= 11 is 0. The maximum absolute atomic E-state index is 13.1. The van der Waals surface area contributed by atoms with Gasteiger partial charge in [0, 0.05) is 5.57 Å². The van der Waals surface area contributed by atoms with E-state index in [1.54, 1.807) is 37.3 Å². The van der Waals surface area contributed by atoms with Crippen LogP contribution in [-0.4, -0.2) is 13.1 Å². The first-order chi connectivity index (χ1) is 10.6. The summed E-state index contributed by atoms with van der Waals surface area (Å²) in [7, 11) is 1.35. The lowest BCUT2D eigenvalue weighted by Crippen LogP contribution is -2.01. The Kier molecular flexibility index (Phi) is 5.31. The Labute approximate surface area is 129 Å². The van der Waals surface area contributed by atoms with E-state index >= 15 is 0 Å². The van der Waals surface area contributed by atoms with E-state index in [0.717, 1.165) is 11.1 Å². The van der Waals surface area contributed by atoms with Crippen LogP contribution in [0.4, 0.5) is 4.39 Å². The van der Waals surface area contributed by atoms with Crippen LogP contribution < -0.4 is 4.74 Å². The summed E-state index contributed by atoms with van der Waals surface area (Å²) in [6.45, 7) is 1.99. The lowest BCUT2D eigenvalue weighted by molar-refractivity contribution is -0.135. The first kappa shape index (κ1) is 15.8. The number of esters is 1. The summed E-state index contributed by atoms with van der Waals surface area (Å²) in [5.41, 5.74) is 2.17. The summed E-state index contributed by atoms with van der Waals surface area (Å²) in [5.74, 6) is 0.0448. The van der Waals surface area contributed by atoms with Crippen molar-refractivity contribution in [3.05, 3.63) is 71.0 Å². The van der Waals surface area contributed by atoms with Gasteiger partial charge in [0.25, 0.3) is 0 Å². The van der Waals surface area contributed by atoms with Crippen molar-refractivity contribution < 1.29 is 18.7 Å². The molecule has 0 aliphatic heterocycles. The lowest BCUT2D eigenvalue weighted by atomic mass is 10.1. The van der Waals surface area contributed by atoms with Crippen LogP contribution in [0.2, 0.25) is 0 Å². The molecule has 0 N–H and O–H groups in total. The molecule has 22 heavy (non-hydrogen) atoms. The highest BCUT2D eigenvalue weighted by atomic mass is 19.1. The SMILES string of the molecule is COC(=O)C(C)=Cc1ccc(OCc2cccc(F)c2)cc1. The number of carbonyl (C=O) groups is 1. The third kappa shape index (κ3) is 4.45. The Morgan fingerprint density at radius 3 is 2.55 bits per heavy atom. The van der Waals surface area contributed by atoms with Crippen LogP contribution in [0.5, 0.6) is 5.75 Å². The molecule has 2 aromatic rings. The van der Waals surface area contributed by atoms with Crippen LogP contribution in [-0.2, 0) is 16.1 Å². The molecule has 0 unspecified atom stereocenters.